The summed E-state index contributed by atoms with van der Waals surface area (Å²) in [5.41, 5.74) is 9.09. The summed E-state index contributed by atoms with van der Waals surface area (Å²) >= 11 is 0. The molecule has 6 nitrogen and oxygen atoms in total. The number of aromatic nitrogens is 2. The Balaban J connectivity index is 1.66. The lowest BCUT2D eigenvalue weighted by Crippen LogP contribution is -2.42. The highest BCUT2D eigenvalue weighted by atomic mass is 19.1. The topological polar surface area (TPSA) is 73.4 Å². The van der Waals surface area contributed by atoms with Gasteiger partial charge in [0.1, 0.15) is 17.2 Å². The molecule has 0 spiro atoms. The highest BCUT2D eigenvalue weighted by Crippen LogP contribution is 2.42. The first-order valence-corrected chi connectivity index (χ1v) is 9.82. The van der Waals surface area contributed by atoms with Gasteiger partial charge in [0.15, 0.2) is 0 Å². The van der Waals surface area contributed by atoms with Gasteiger partial charge in [-0.15, -0.1) is 0 Å². The van der Waals surface area contributed by atoms with Gasteiger partial charge < -0.3 is 15.4 Å². The summed E-state index contributed by atoms with van der Waals surface area (Å²) in [5, 5.41) is 4.68. The van der Waals surface area contributed by atoms with Crippen LogP contribution in [0.4, 0.5) is 15.0 Å². The van der Waals surface area contributed by atoms with Crippen molar-refractivity contribution in [3.63, 3.8) is 0 Å². The molecule has 2 N–H and O–H groups in total. The highest BCUT2D eigenvalue weighted by molar-refractivity contribution is 5.70. The summed E-state index contributed by atoms with van der Waals surface area (Å²) in [7, 11) is 0. The van der Waals surface area contributed by atoms with Crippen LogP contribution in [-0.4, -0.2) is 32.9 Å². The number of hydrogen-bond donors (Lipinski definition) is 1. The highest BCUT2D eigenvalue weighted by Gasteiger charge is 2.35. The van der Waals surface area contributed by atoms with Crippen LogP contribution in [0.25, 0.3) is 5.69 Å². The molecule has 2 aliphatic rings. The average Bonchev–Trinajstić information content (AvgIpc) is 3.38. The maximum atomic E-state index is 14.1. The number of hydrogen-bond acceptors (Lipinski definition) is 4. The van der Waals surface area contributed by atoms with Gasteiger partial charge in [-0.25, -0.2) is 13.9 Å². The van der Waals surface area contributed by atoms with Crippen LogP contribution in [0.15, 0.2) is 18.2 Å². The van der Waals surface area contributed by atoms with Gasteiger partial charge in [-0.2, -0.15) is 5.10 Å². The number of fused-ring (bicyclic) bond motifs is 1. The summed E-state index contributed by atoms with van der Waals surface area (Å²) in [4.78, 5) is 14.3. The molecule has 2 aromatic rings. The van der Waals surface area contributed by atoms with E-state index in [-0.39, 0.29) is 18.0 Å². The Kier molecular flexibility index (Phi) is 4.36. The monoisotopic (exact) mass is 386 g/mol. The number of carbonyl (C=O) groups excluding carboxylic acids is 1. The van der Waals surface area contributed by atoms with E-state index in [1.165, 1.54) is 6.07 Å². The first-order valence-electron chi connectivity index (χ1n) is 9.82. The van der Waals surface area contributed by atoms with E-state index in [0.717, 1.165) is 35.3 Å². The molecule has 0 bridgehead atoms. The Morgan fingerprint density at radius 1 is 1.32 bits per heavy atom. The van der Waals surface area contributed by atoms with Gasteiger partial charge in [0.05, 0.1) is 17.4 Å². The first kappa shape index (κ1) is 18.8. The van der Waals surface area contributed by atoms with Crippen LogP contribution < -0.4 is 5.73 Å². The van der Waals surface area contributed by atoms with Gasteiger partial charge in [-0.1, -0.05) is 0 Å². The van der Waals surface area contributed by atoms with E-state index in [4.69, 9.17) is 10.5 Å². The number of anilines is 1. The predicted octanol–water partition coefficient (Wildman–Crippen LogP) is 4.33. The van der Waals surface area contributed by atoms with Gasteiger partial charge in [0.2, 0.25) is 0 Å². The number of halogens is 1. The lowest BCUT2D eigenvalue weighted by atomic mass is 10.00. The van der Waals surface area contributed by atoms with Gasteiger partial charge in [-0.05, 0) is 70.2 Å². The fourth-order valence-corrected chi connectivity index (χ4v) is 3.84. The van der Waals surface area contributed by atoms with Crippen molar-refractivity contribution in [3.8, 4) is 5.69 Å². The number of carbonyl (C=O) groups is 1. The molecule has 1 aliphatic carbocycles. The fraction of sp³-hybridized carbons (Fsp3) is 0.524. The summed E-state index contributed by atoms with van der Waals surface area (Å²) in [6.45, 7) is 8.01. The zero-order chi connectivity index (χ0) is 20.2. The molecule has 1 saturated carbocycles. The standard InChI is InChI=1S/C21H27FN4O2/c1-12-18-17(9-10-25(12)20(27)28-21(2,3)4)24-26(19(18)23)14-7-8-16(22)15(11-14)13-5-6-13/h7-8,11-13H,5-6,9-10,23H2,1-4H3/t12-/m0/s1. The average molecular weight is 386 g/mol. The van der Waals surface area contributed by atoms with E-state index in [1.807, 2.05) is 33.8 Å². The van der Waals surface area contributed by atoms with Crippen molar-refractivity contribution in [1.29, 1.82) is 0 Å². The molecular weight excluding hydrogens is 359 g/mol. The molecule has 1 fully saturated rings. The number of amides is 1. The van der Waals surface area contributed by atoms with Crippen LogP contribution in [0.5, 0.6) is 0 Å². The van der Waals surface area contributed by atoms with Crippen molar-refractivity contribution in [2.45, 2.75) is 64.5 Å². The maximum absolute atomic E-state index is 14.1. The molecule has 0 saturated heterocycles. The fourth-order valence-electron chi connectivity index (χ4n) is 3.84. The van der Waals surface area contributed by atoms with Crippen LogP contribution >= 0.6 is 0 Å². The van der Waals surface area contributed by atoms with Crippen molar-refractivity contribution in [2.75, 3.05) is 12.3 Å². The van der Waals surface area contributed by atoms with Crippen molar-refractivity contribution in [1.82, 2.24) is 14.7 Å². The SMILES string of the molecule is C[C@H]1c2c(nn(-c3ccc(F)c(C4CC4)c3)c2N)CCN1C(=O)OC(C)(C)C. The van der Waals surface area contributed by atoms with Crippen LogP contribution in [0.1, 0.15) is 69.3 Å². The van der Waals surface area contributed by atoms with Crippen molar-refractivity contribution >= 4 is 11.9 Å². The minimum Gasteiger partial charge on any atom is -0.444 e. The Morgan fingerprint density at radius 3 is 2.68 bits per heavy atom. The molecule has 0 unspecified atom stereocenters. The van der Waals surface area contributed by atoms with E-state index in [0.29, 0.717) is 24.7 Å². The van der Waals surface area contributed by atoms with Gasteiger partial charge in [0.25, 0.3) is 0 Å². The summed E-state index contributed by atoms with van der Waals surface area (Å²) in [6.07, 6.45) is 2.30. The lowest BCUT2D eigenvalue weighted by molar-refractivity contribution is 0.0160. The maximum Gasteiger partial charge on any atom is 0.410 e. The molecule has 150 valence electrons. The molecule has 1 amide bonds. The normalized spacial score (nSPS) is 19.5. The first-order chi connectivity index (χ1) is 13.2. The quantitative estimate of drug-likeness (QED) is 0.834. The van der Waals surface area contributed by atoms with Crippen LogP contribution in [0, 0.1) is 5.82 Å². The molecule has 0 radical (unpaired) electrons. The molecule has 1 aromatic heterocycles. The number of ether oxygens (including phenoxy) is 1. The lowest BCUT2D eigenvalue weighted by Gasteiger charge is -2.34. The minimum absolute atomic E-state index is 0.175. The summed E-state index contributed by atoms with van der Waals surface area (Å²) in [5.74, 6) is 0.614. The zero-order valence-corrected chi connectivity index (χ0v) is 16.8. The van der Waals surface area contributed by atoms with Crippen LogP contribution in [-0.2, 0) is 11.2 Å². The Labute approximate surface area is 164 Å². The van der Waals surface area contributed by atoms with Gasteiger partial charge in [0, 0.05) is 18.5 Å². The second-order valence-electron chi connectivity index (χ2n) is 8.74. The molecule has 2 heterocycles. The second-order valence-corrected chi connectivity index (χ2v) is 8.74. The molecule has 28 heavy (non-hydrogen) atoms. The number of nitrogen functional groups attached to an aromatic ring is 1. The van der Waals surface area contributed by atoms with E-state index in [9.17, 15) is 9.18 Å². The largest absolute Gasteiger partial charge is 0.444 e. The third-order valence-corrected chi connectivity index (χ3v) is 5.38. The van der Waals surface area contributed by atoms with E-state index in [1.54, 1.807) is 15.6 Å². The summed E-state index contributed by atoms with van der Waals surface area (Å²) in [6, 6.07) is 4.79. The Morgan fingerprint density at radius 2 is 2.04 bits per heavy atom. The smallest absolute Gasteiger partial charge is 0.410 e. The molecule has 1 aromatic carbocycles. The molecule has 1 aliphatic heterocycles. The predicted molar refractivity (Wildman–Crippen MR) is 105 cm³/mol. The number of rotatable bonds is 2. The van der Waals surface area contributed by atoms with Crippen LogP contribution in [0.3, 0.4) is 0 Å². The number of nitrogens with two attached hydrogens (primary N) is 1. The van der Waals surface area contributed by atoms with Gasteiger partial charge in [-0.3, -0.25) is 0 Å². The van der Waals surface area contributed by atoms with Crippen molar-refractivity contribution in [2.24, 2.45) is 0 Å². The minimum atomic E-state index is -0.555. The van der Waals surface area contributed by atoms with Crippen LogP contribution in [0.2, 0.25) is 0 Å². The van der Waals surface area contributed by atoms with Crippen molar-refractivity contribution < 1.29 is 13.9 Å². The number of nitrogens with zero attached hydrogens (tertiary/aromatic N) is 3. The van der Waals surface area contributed by atoms with E-state index < -0.39 is 5.60 Å². The third kappa shape index (κ3) is 3.34. The summed E-state index contributed by atoms with van der Waals surface area (Å²) < 4.78 is 21.3. The molecule has 1 atom stereocenters. The molecule has 4 rings (SSSR count). The third-order valence-electron chi connectivity index (χ3n) is 5.38. The second kappa shape index (κ2) is 6.50. The number of benzene rings is 1. The van der Waals surface area contributed by atoms with Crippen molar-refractivity contribution in [3.05, 3.63) is 40.8 Å². The Bertz CT molecular complexity index is 927. The Hall–Kier alpha value is -2.57. The zero-order valence-electron chi connectivity index (χ0n) is 16.8. The van der Waals surface area contributed by atoms with E-state index in [2.05, 4.69) is 5.10 Å². The molecule has 7 heteroatoms. The van der Waals surface area contributed by atoms with Gasteiger partial charge >= 0.3 is 6.09 Å². The molecular formula is C21H27FN4O2. The van der Waals surface area contributed by atoms with E-state index >= 15 is 0 Å².